The molecule has 1 unspecified atom stereocenters. The molecule has 0 radical (unpaired) electrons. The lowest BCUT2D eigenvalue weighted by Gasteiger charge is -2.40. The molecule has 4 aliphatic rings. The zero-order valence-corrected chi connectivity index (χ0v) is 14.5. The van der Waals surface area contributed by atoms with Gasteiger partial charge in [-0.3, -0.25) is 4.90 Å². The maximum Gasteiger partial charge on any atom is 0.231 e. The first kappa shape index (κ1) is 15.0. The van der Waals surface area contributed by atoms with Crippen LogP contribution in [0.2, 0.25) is 0 Å². The molecule has 5 rings (SSSR count). The second kappa shape index (κ2) is 5.92. The van der Waals surface area contributed by atoms with Crippen molar-refractivity contribution in [2.45, 2.75) is 38.6 Å². The zero-order chi connectivity index (χ0) is 16.0. The fourth-order valence-electron chi connectivity index (χ4n) is 4.98. The van der Waals surface area contributed by atoms with Crippen molar-refractivity contribution in [1.82, 2.24) is 9.80 Å². The van der Waals surface area contributed by atoms with Gasteiger partial charge in [0, 0.05) is 31.7 Å². The topological polar surface area (TPSA) is 24.9 Å². The van der Waals surface area contributed by atoms with Crippen molar-refractivity contribution in [3.05, 3.63) is 23.8 Å². The minimum absolute atomic E-state index is 0.367. The first-order chi connectivity index (χ1) is 11.8. The largest absolute Gasteiger partial charge is 0.454 e. The summed E-state index contributed by atoms with van der Waals surface area (Å²) in [6.07, 6.45) is 7.10. The predicted molar refractivity (Wildman–Crippen MR) is 93.3 cm³/mol. The molecule has 2 saturated heterocycles. The molecule has 0 aromatic heterocycles. The van der Waals surface area contributed by atoms with Crippen LogP contribution in [0.15, 0.2) is 18.2 Å². The second-order valence-corrected chi connectivity index (χ2v) is 8.39. The molecular weight excluding hydrogens is 300 g/mol. The molecule has 3 aliphatic heterocycles. The fraction of sp³-hybridized carbons (Fsp3) is 0.700. The molecule has 1 aromatic carbocycles. The Balaban J connectivity index is 1.24. The molecule has 1 aliphatic carbocycles. The van der Waals surface area contributed by atoms with E-state index in [4.69, 9.17) is 9.47 Å². The second-order valence-electron chi connectivity index (χ2n) is 8.39. The Morgan fingerprint density at radius 3 is 2.88 bits per heavy atom. The van der Waals surface area contributed by atoms with Gasteiger partial charge in [0.1, 0.15) is 0 Å². The van der Waals surface area contributed by atoms with Crippen LogP contribution in [0.1, 0.15) is 37.7 Å². The number of rotatable bonds is 4. The fourth-order valence-corrected chi connectivity index (χ4v) is 4.98. The Morgan fingerprint density at radius 2 is 1.96 bits per heavy atom. The first-order valence-electron chi connectivity index (χ1n) is 9.62. The van der Waals surface area contributed by atoms with Crippen LogP contribution in [0.25, 0.3) is 0 Å². The summed E-state index contributed by atoms with van der Waals surface area (Å²) in [6, 6.07) is 6.29. The van der Waals surface area contributed by atoms with E-state index in [0.29, 0.717) is 12.2 Å². The summed E-state index contributed by atoms with van der Waals surface area (Å²) in [5, 5.41) is 0. The number of piperidine rings is 1. The van der Waals surface area contributed by atoms with Crippen molar-refractivity contribution in [2.75, 3.05) is 39.5 Å². The summed E-state index contributed by atoms with van der Waals surface area (Å²) in [7, 11) is 0. The van der Waals surface area contributed by atoms with Gasteiger partial charge in [0.05, 0.1) is 0 Å². The van der Waals surface area contributed by atoms with Gasteiger partial charge in [0.15, 0.2) is 11.5 Å². The molecule has 24 heavy (non-hydrogen) atoms. The summed E-state index contributed by atoms with van der Waals surface area (Å²) >= 11 is 0. The normalized spacial score (nSPS) is 30.3. The molecule has 0 N–H and O–H groups in total. The Hall–Kier alpha value is -1.26. The molecule has 3 heterocycles. The van der Waals surface area contributed by atoms with E-state index in [9.17, 15) is 0 Å². The lowest BCUT2D eigenvalue weighted by Crippen LogP contribution is -2.45. The number of nitrogens with zero attached hydrogens (tertiary/aromatic N) is 2. The van der Waals surface area contributed by atoms with Crippen molar-refractivity contribution >= 4 is 0 Å². The van der Waals surface area contributed by atoms with Gasteiger partial charge in [0.2, 0.25) is 6.79 Å². The smallest absolute Gasteiger partial charge is 0.231 e. The highest BCUT2D eigenvalue weighted by Gasteiger charge is 2.42. The van der Waals surface area contributed by atoms with Crippen LogP contribution in [0.3, 0.4) is 0 Å². The molecule has 4 nitrogen and oxygen atoms in total. The van der Waals surface area contributed by atoms with Gasteiger partial charge in [0.25, 0.3) is 0 Å². The van der Waals surface area contributed by atoms with E-state index in [1.807, 2.05) is 6.07 Å². The lowest BCUT2D eigenvalue weighted by molar-refractivity contribution is 0.0883. The van der Waals surface area contributed by atoms with Crippen molar-refractivity contribution < 1.29 is 9.47 Å². The molecule has 3 fully saturated rings. The minimum Gasteiger partial charge on any atom is -0.454 e. The molecule has 1 aromatic rings. The highest BCUT2D eigenvalue weighted by Crippen LogP contribution is 2.42. The summed E-state index contributed by atoms with van der Waals surface area (Å²) in [6.45, 7) is 7.85. The number of hydrogen-bond donors (Lipinski definition) is 0. The van der Waals surface area contributed by atoms with E-state index < -0.39 is 0 Å². The number of fused-ring (bicyclic) bond motifs is 1. The monoisotopic (exact) mass is 328 g/mol. The van der Waals surface area contributed by atoms with Crippen LogP contribution >= 0.6 is 0 Å². The third-order valence-corrected chi connectivity index (χ3v) is 6.34. The summed E-state index contributed by atoms with van der Waals surface area (Å²) in [5.74, 6) is 2.90. The van der Waals surface area contributed by atoms with Crippen molar-refractivity contribution in [3.8, 4) is 11.5 Å². The van der Waals surface area contributed by atoms with Crippen LogP contribution in [0.4, 0.5) is 0 Å². The number of para-hydroxylation sites is 1. The van der Waals surface area contributed by atoms with Crippen molar-refractivity contribution in [1.29, 1.82) is 0 Å². The minimum atomic E-state index is 0.367. The first-order valence-corrected chi connectivity index (χ1v) is 9.62. The summed E-state index contributed by atoms with van der Waals surface area (Å²) < 4.78 is 11.2. The molecule has 1 atom stereocenters. The van der Waals surface area contributed by atoms with Gasteiger partial charge in [-0.25, -0.2) is 0 Å². The molecule has 0 bridgehead atoms. The highest BCUT2D eigenvalue weighted by atomic mass is 16.7. The number of hydrogen-bond acceptors (Lipinski definition) is 4. The molecule has 1 spiro atoms. The number of likely N-dealkylation sites (tertiary alicyclic amines) is 2. The van der Waals surface area contributed by atoms with Gasteiger partial charge in [-0.15, -0.1) is 0 Å². The SMILES string of the molecule is c1cc(CN2CCC3(CCCN(CC4CC4)C3)C2)c2c(c1)OCO2. The Kier molecular flexibility index (Phi) is 3.71. The highest BCUT2D eigenvalue weighted by molar-refractivity contribution is 5.48. The summed E-state index contributed by atoms with van der Waals surface area (Å²) in [4.78, 5) is 5.40. The predicted octanol–water partition coefficient (Wildman–Crippen LogP) is 3.11. The molecule has 4 heteroatoms. The van der Waals surface area contributed by atoms with Crippen LogP contribution in [-0.4, -0.2) is 49.3 Å². The number of benzene rings is 1. The maximum absolute atomic E-state index is 5.69. The van der Waals surface area contributed by atoms with E-state index in [1.165, 1.54) is 70.4 Å². The molecule has 0 amide bonds. The molecule has 1 saturated carbocycles. The van der Waals surface area contributed by atoms with Gasteiger partial charge < -0.3 is 14.4 Å². The molecule has 130 valence electrons. The van der Waals surface area contributed by atoms with E-state index in [1.54, 1.807) is 0 Å². The zero-order valence-electron chi connectivity index (χ0n) is 14.5. The number of ether oxygens (including phenoxy) is 2. The maximum atomic E-state index is 5.69. The Morgan fingerprint density at radius 1 is 1.04 bits per heavy atom. The Bertz CT molecular complexity index is 616. The van der Waals surface area contributed by atoms with Crippen molar-refractivity contribution in [2.24, 2.45) is 11.3 Å². The van der Waals surface area contributed by atoms with Gasteiger partial charge in [-0.05, 0) is 62.6 Å². The van der Waals surface area contributed by atoms with Crippen molar-refractivity contribution in [3.63, 3.8) is 0 Å². The van der Waals surface area contributed by atoms with Gasteiger partial charge >= 0.3 is 0 Å². The quantitative estimate of drug-likeness (QED) is 0.848. The van der Waals surface area contributed by atoms with E-state index in [0.717, 1.165) is 24.0 Å². The van der Waals surface area contributed by atoms with Crippen LogP contribution in [-0.2, 0) is 6.54 Å². The average molecular weight is 328 g/mol. The van der Waals surface area contributed by atoms with Gasteiger partial charge in [-0.1, -0.05) is 12.1 Å². The van der Waals surface area contributed by atoms with Crippen LogP contribution < -0.4 is 9.47 Å². The van der Waals surface area contributed by atoms with Gasteiger partial charge in [-0.2, -0.15) is 0 Å². The third kappa shape index (κ3) is 2.91. The lowest BCUT2D eigenvalue weighted by atomic mass is 9.79. The molecular formula is C20H28N2O2. The standard InChI is InChI=1S/C20H28N2O2/c1-3-17(19-18(4-1)23-15-24-19)12-22-10-8-20(14-22)7-2-9-21(13-20)11-16-5-6-16/h1,3-4,16H,2,5-15H2. The van der Waals surface area contributed by atoms with E-state index >= 15 is 0 Å². The van der Waals surface area contributed by atoms with Crippen LogP contribution in [0, 0.1) is 11.3 Å². The van der Waals surface area contributed by atoms with E-state index in [2.05, 4.69) is 21.9 Å². The van der Waals surface area contributed by atoms with E-state index in [-0.39, 0.29) is 0 Å². The van der Waals surface area contributed by atoms with Crippen LogP contribution in [0.5, 0.6) is 11.5 Å². The third-order valence-electron chi connectivity index (χ3n) is 6.34. The Labute approximate surface area is 144 Å². The average Bonchev–Trinajstić information content (AvgIpc) is 3.12. The summed E-state index contributed by atoms with van der Waals surface area (Å²) in [5.41, 5.74) is 1.83.